The molecule has 176 valence electrons. The molecule has 0 radical (unpaired) electrons. The number of imide groups is 1. The molecule has 0 N–H and O–H groups in total. The molecule has 5 rings (SSSR count). The number of rotatable bonds is 8. The molecule has 0 fully saturated rings. The first kappa shape index (κ1) is 22.3. The van der Waals surface area contributed by atoms with E-state index in [0.29, 0.717) is 33.7 Å². The number of carbonyl (C=O) groups is 3. The molecule has 4 aromatic rings. The average Bonchev–Trinajstić information content (AvgIpc) is 3.37. The van der Waals surface area contributed by atoms with Gasteiger partial charge in [0, 0.05) is 29.5 Å². The summed E-state index contributed by atoms with van der Waals surface area (Å²) in [5.41, 5.74) is 1.63. The van der Waals surface area contributed by atoms with E-state index in [4.69, 9.17) is 14.0 Å². The van der Waals surface area contributed by atoms with Crippen molar-refractivity contribution < 1.29 is 28.4 Å². The SMILES string of the molecule is COc1ccccc1-c1noc(COC(=O)CCCN2C(=O)c3cccc4cccc(c34)C2=O)n1. The van der Waals surface area contributed by atoms with Crippen LogP contribution in [0.2, 0.25) is 0 Å². The molecule has 1 aromatic heterocycles. The number of para-hydroxylation sites is 1. The van der Waals surface area contributed by atoms with Gasteiger partial charge in [0.25, 0.3) is 17.7 Å². The van der Waals surface area contributed by atoms with Crippen LogP contribution in [0.15, 0.2) is 65.2 Å². The molecule has 2 amide bonds. The molecule has 35 heavy (non-hydrogen) atoms. The number of methoxy groups -OCH3 is 1. The van der Waals surface area contributed by atoms with Gasteiger partial charge in [0.15, 0.2) is 6.61 Å². The Labute approximate surface area is 200 Å². The van der Waals surface area contributed by atoms with Crippen LogP contribution in [0.1, 0.15) is 39.4 Å². The largest absolute Gasteiger partial charge is 0.496 e. The first-order valence-corrected chi connectivity index (χ1v) is 11.1. The average molecular weight is 471 g/mol. The van der Waals surface area contributed by atoms with Crippen LogP contribution in [0.25, 0.3) is 22.2 Å². The van der Waals surface area contributed by atoms with Gasteiger partial charge < -0.3 is 14.0 Å². The van der Waals surface area contributed by atoms with Crippen molar-refractivity contribution in [2.45, 2.75) is 19.4 Å². The lowest BCUT2D eigenvalue weighted by Gasteiger charge is -2.27. The first-order valence-electron chi connectivity index (χ1n) is 11.1. The Morgan fingerprint density at radius 3 is 2.34 bits per heavy atom. The van der Waals surface area contributed by atoms with Crippen LogP contribution in [0.3, 0.4) is 0 Å². The molecule has 0 bridgehead atoms. The highest BCUT2D eigenvalue weighted by molar-refractivity contribution is 6.25. The lowest BCUT2D eigenvalue weighted by atomic mass is 9.94. The first-order chi connectivity index (χ1) is 17.1. The minimum absolute atomic E-state index is 0.0242. The number of esters is 1. The number of hydrogen-bond donors (Lipinski definition) is 0. The molecular weight excluding hydrogens is 450 g/mol. The van der Waals surface area contributed by atoms with Gasteiger partial charge in [-0.2, -0.15) is 4.98 Å². The van der Waals surface area contributed by atoms with Crippen LogP contribution in [-0.2, 0) is 16.1 Å². The van der Waals surface area contributed by atoms with E-state index in [1.54, 1.807) is 43.5 Å². The zero-order valence-corrected chi connectivity index (χ0v) is 18.9. The predicted molar refractivity (Wildman–Crippen MR) is 125 cm³/mol. The van der Waals surface area contributed by atoms with Crippen LogP contribution in [0, 0.1) is 0 Å². The fraction of sp³-hybridized carbons (Fsp3) is 0.192. The van der Waals surface area contributed by atoms with E-state index >= 15 is 0 Å². The highest BCUT2D eigenvalue weighted by Crippen LogP contribution is 2.30. The molecular formula is C26H21N3O6. The smallest absolute Gasteiger partial charge is 0.306 e. The minimum Gasteiger partial charge on any atom is -0.496 e. The van der Waals surface area contributed by atoms with E-state index < -0.39 is 5.97 Å². The van der Waals surface area contributed by atoms with Crippen molar-refractivity contribution in [3.05, 3.63) is 77.7 Å². The van der Waals surface area contributed by atoms with E-state index in [2.05, 4.69) is 10.1 Å². The highest BCUT2D eigenvalue weighted by atomic mass is 16.6. The number of aromatic nitrogens is 2. The molecule has 3 aromatic carbocycles. The van der Waals surface area contributed by atoms with Gasteiger partial charge in [-0.1, -0.05) is 41.6 Å². The Bertz CT molecular complexity index is 1390. The van der Waals surface area contributed by atoms with Gasteiger partial charge in [-0.05, 0) is 36.1 Å². The standard InChI is InChI=1S/C26H21N3O6/c1-33-20-12-3-2-9-17(20)24-27-21(35-28-24)15-34-22(30)13-6-14-29-25(31)18-10-4-7-16-8-5-11-19(23(16)18)26(29)32/h2-5,7-12H,6,13-15H2,1H3. The van der Waals surface area contributed by atoms with E-state index in [9.17, 15) is 14.4 Å². The molecule has 0 spiro atoms. The lowest BCUT2D eigenvalue weighted by Crippen LogP contribution is -2.41. The number of nitrogens with zero attached hydrogens (tertiary/aromatic N) is 3. The molecule has 0 saturated heterocycles. The summed E-state index contributed by atoms with van der Waals surface area (Å²) in [7, 11) is 1.55. The predicted octanol–water partition coefficient (Wildman–Crippen LogP) is 4.02. The molecule has 0 aliphatic carbocycles. The molecule has 9 nitrogen and oxygen atoms in total. The number of carbonyl (C=O) groups excluding carboxylic acids is 3. The summed E-state index contributed by atoms with van der Waals surface area (Å²) in [6.07, 6.45) is 0.293. The summed E-state index contributed by atoms with van der Waals surface area (Å²) in [6, 6.07) is 18.0. The molecule has 9 heteroatoms. The summed E-state index contributed by atoms with van der Waals surface area (Å²) < 4.78 is 15.7. The summed E-state index contributed by atoms with van der Waals surface area (Å²) in [5.74, 6) is -0.153. The normalized spacial score (nSPS) is 12.8. The molecule has 1 aliphatic rings. The zero-order valence-electron chi connectivity index (χ0n) is 18.9. The Hall–Kier alpha value is -4.53. The lowest BCUT2D eigenvalue weighted by molar-refractivity contribution is -0.145. The third-order valence-electron chi connectivity index (χ3n) is 5.79. The maximum Gasteiger partial charge on any atom is 0.306 e. The Morgan fingerprint density at radius 2 is 1.63 bits per heavy atom. The maximum atomic E-state index is 12.9. The minimum atomic E-state index is -0.499. The van der Waals surface area contributed by atoms with Crippen molar-refractivity contribution in [1.29, 1.82) is 0 Å². The van der Waals surface area contributed by atoms with Gasteiger partial charge in [0.05, 0.1) is 12.7 Å². The van der Waals surface area contributed by atoms with Crippen LogP contribution in [0.5, 0.6) is 5.75 Å². The summed E-state index contributed by atoms with van der Waals surface area (Å²) in [5, 5.41) is 5.43. The van der Waals surface area contributed by atoms with Gasteiger partial charge in [-0.15, -0.1) is 0 Å². The van der Waals surface area contributed by atoms with Crippen molar-refractivity contribution in [1.82, 2.24) is 15.0 Å². The van der Waals surface area contributed by atoms with Crippen LogP contribution in [-0.4, -0.2) is 46.5 Å². The summed E-state index contributed by atoms with van der Waals surface area (Å²) in [4.78, 5) is 43.5. The number of amides is 2. The monoisotopic (exact) mass is 471 g/mol. The molecule has 1 aliphatic heterocycles. The zero-order chi connectivity index (χ0) is 24.4. The van der Waals surface area contributed by atoms with Crippen LogP contribution >= 0.6 is 0 Å². The Morgan fingerprint density at radius 1 is 0.943 bits per heavy atom. The maximum absolute atomic E-state index is 12.9. The van der Waals surface area contributed by atoms with Crippen molar-refractivity contribution in [2.24, 2.45) is 0 Å². The van der Waals surface area contributed by atoms with Gasteiger partial charge in [0.2, 0.25) is 5.82 Å². The van der Waals surface area contributed by atoms with Gasteiger partial charge >= 0.3 is 5.97 Å². The summed E-state index contributed by atoms with van der Waals surface area (Å²) in [6.45, 7) is -0.0755. The number of benzene rings is 3. The highest BCUT2D eigenvalue weighted by Gasteiger charge is 2.32. The number of hydrogen-bond acceptors (Lipinski definition) is 8. The van der Waals surface area contributed by atoms with Crippen molar-refractivity contribution in [3.63, 3.8) is 0 Å². The Kier molecular flexibility index (Phi) is 5.97. The van der Waals surface area contributed by atoms with Gasteiger partial charge in [0.1, 0.15) is 5.75 Å². The Balaban J connectivity index is 1.16. The topological polar surface area (TPSA) is 112 Å². The van der Waals surface area contributed by atoms with E-state index in [1.807, 2.05) is 24.3 Å². The molecule has 2 heterocycles. The fourth-order valence-electron chi connectivity index (χ4n) is 4.13. The van der Waals surface area contributed by atoms with Gasteiger partial charge in [-0.25, -0.2) is 0 Å². The van der Waals surface area contributed by atoms with E-state index in [0.717, 1.165) is 5.39 Å². The van der Waals surface area contributed by atoms with E-state index in [-0.39, 0.29) is 43.7 Å². The second-order valence-electron chi connectivity index (χ2n) is 7.95. The molecule has 0 saturated carbocycles. The van der Waals surface area contributed by atoms with Crippen molar-refractivity contribution >= 4 is 28.6 Å². The van der Waals surface area contributed by atoms with Gasteiger partial charge in [-0.3, -0.25) is 19.3 Å². The van der Waals surface area contributed by atoms with E-state index in [1.165, 1.54) is 4.90 Å². The fourth-order valence-corrected chi connectivity index (χ4v) is 4.13. The second-order valence-corrected chi connectivity index (χ2v) is 7.95. The van der Waals surface area contributed by atoms with Crippen LogP contribution in [0.4, 0.5) is 0 Å². The van der Waals surface area contributed by atoms with Crippen LogP contribution < -0.4 is 4.74 Å². The second kappa shape index (κ2) is 9.38. The molecule has 0 unspecified atom stereocenters. The quantitative estimate of drug-likeness (QED) is 0.280. The summed E-state index contributed by atoms with van der Waals surface area (Å²) >= 11 is 0. The number of ether oxygens (including phenoxy) is 2. The van der Waals surface area contributed by atoms with Crippen molar-refractivity contribution in [3.8, 4) is 17.1 Å². The van der Waals surface area contributed by atoms with Crippen molar-refractivity contribution in [2.75, 3.05) is 13.7 Å². The third kappa shape index (κ3) is 4.23. The molecule has 0 atom stereocenters. The third-order valence-corrected chi connectivity index (χ3v) is 5.79.